The van der Waals surface area contributed by atoms with Crippen molar-refractivity contribution in [3.05, 3.63) is 53.6 Å². The summed E-state index contributed by atoms with van der Waals surface area (Å²) in [7, 11) is -3.41. The summed E-state index contributed by atoms with van der Waals surface area (Å²) in [5.41, 5.74) is 1.99. The van der Waals surface area contributed by atoms with Gasteiger partial charge in [-0.2, -0.15) is 4.31 Å². The van der Waals surface area contributed by atoms with Gasteiger partial charge < -0.3 is 5.32 Å². The van der Waals surface area contributed by atoms with Crippen LogP contribution in [0.5, 0.6) is 0 Å². The highest BCUT2D eigenvalue weighted by Gasteiger charge is 2.26. The third-order valence-electron chi connectivity index (χ3n) is 4.45. The Labute approximate surface area is 153 Å². The molecule has 0 atom stereocenters. The van der Waals surface area contributed by atoms with Crippen LogP contribution < -0.4 is 5.32 Å². The fourth-order valence-electron chi connectivity index (χ4n) is 2.96. The third-order valence-corrected chi connectivity index (χ3v) is 6.37. The predicted octanol–water partition coefficient (Wildman–Crippen LogP) is 1.75. The van der Waals surface area contributed by atoms with Crippen LogP contribution in [0.1, 0.15) is 41.4 Å². The first kappa shape index (κ1) is 18.5. The van der Waals surface area contributed by atoms with E-state index >= 15 is 0 Å². The number of aryl methyl sites for hydroxylation is 1. The molecule has 138 valence electrons. The molecule has 1 aromatic carbocycles. The van der Waals surface area contributed by atoms with E-state index in [0.717, 1.165) is 18.4 Å². The fourth-order valence-corrected chi connectivity index (χ4v) is 4.48. The number of aromatic nitrogens is 2. The number of benzene rings is 1. The molecule has 0 saturated carbocycles. The zero-order valence-electron chi connectivity index (χ0n) is 14.7. The van der Waals surface area contributed by atoms with Crippen molar-refractivity contribution < 1.29 is 13.2 Å². The van der Waals surface area contributed by atoms with E-state index in [0.29, 0.717) is 42.2 Å². The second kappa shape index (κ2) is 7.92. The highest BCUT2D eigenvalue weighted by Crippen LogP contribution is 2.21. The zero-order chi connectivity index (χ0) is 18.6. The molecule has 0 unspecified atom stereocenters. The summed E-state index contributed by atoms with van der Waals surface area (Å²) in [4.78, 5) is 20.6. The Hall–Kier alpha value is -2.32. The molecule has 1 amide bonds. The molecule has 2 aromatic rings. The Kier molecular flexibility index (Phi) is 5.63. The Balaban J connectivity index is 1.65. The summed E-state index contributed by atoms with van der Waals surface area (Å²) in [6, 6.07) is 6.65. The highest BCUT2D eigenvalue weighted by molar-refractivity contribution is 7.89. The van der Waals surface area contributed by atoms with Crippen LogP contribution in [-0.4, -0.2) is 41.7 Å². The maximum absolute atomic E-state index is 12.5. The summed E-state index contributed by atoms with van der Waals surface area (Å²) in [6.07, 6.45) is 5.40. The number of hydrogen-bond donors (Lipinski definition) is 1. The number of carbonyl (C=O) groups excluding carboxylic acids is 1. The van der Waals surface area contributed by atoms with Gasteiger partial charge in [-0.1, -0.05) is 19.1 Å². The van der Waals surface area contributed by atoms with Crippen molar-refractivity contribution in [3.8, 4) is 0 Å². The summed E-state index contributed by atoms with van der Waals surface area (Å²) < 4.78 is 26.5. The Morgan fingerprint density at radius 2 is 1.88 bits per heavy atom. The summed E-state index contributed by atoms with van der Waals surface area (Å²) in [5.74, 6) is -0.240. The number of sulfonamides is 1. The monoisotopic (exact) mass is 374 g/mol. The van der Waals surface area contributed by atoms with Crippen LogP contribution >= 0.6 is 0 Å². The molecule has 0 bridgehead atoms. The van der Waals surface area contributed by atoms with Gasteiger partial charge in [0.1, 0.15) is 6.33 Å². The van der Waals surface area contributed by atoms with E-state index in [1.807, 2.05) is 6.92 Å². The highest BCUT2D eigenvalue weighted by atomic mass is 32.2. The molecule has 7 nitrogen and oxygen atoms in total. The van der Waals surface area contributed by atoms with E-state index in [9.17, 15) is 13.2 Å². The van der Waals surface area contributed by atoms with E-state index in [-0.39, 0.29) is 5.91 Å². The second-order valence-electron chi connectivity index (χ2n) is 6.17. The van der Waals surface area contributed by atoms with Crippen LogP contribution in [0.3, 0.4) is 0 Å². The van der Waals surface area contributed by atoms with Gasteiger partial charge in [-0.25, -0.2) is 18.4 Å². The van der Waals surface area contributed by atoms with Gasteiger partial charge in [0.2, 0.25) is 10.0 Å². The molecule has 1 aliphatic rings. The van der Waals surface area contributed by atoms with Gasteiger partial charge in [0.15, 0.2) is 0 Å². The SMILES string of the molecule is CCc1ncncc1C(=O)NCc1ccc(S(=O)(=O)N2CCCC2)cc1. The minimum atomic E-state index is -3.41. The minimum Gasteiger partial charge on any atom is -0.348 e. The van der Waals surface area contributed by atoms with Gasteiger partial charge in [-0.15, -0.1) is 0 Å². The maximum atomic E-state index is 12.5. The van der Waals surface area contributed by atoms with Crippen molar-refractivity contribution in [2.75, 3.05) is 13.1 Å². The normalized spacial score (nSPS) is 15.1. The summed E-state index contributed by atoms with van der Waals surface area (Å²) in [5, 5.41) is 2.82. The minimum absolute atomic E-state index is 0.240. The first-order chi connectivity index (χ1) is 12.5. The molecule has 1 N–H and O–H groups in total. The number of hydrogen-bond acceptors (Lipinski definition) is 5. The van der Waals surface area contributed by atoms with Gasteiger partial charge in [-0.3, -0.25) is 4.79 Å². The smallest absolute Gasteiger partial charge is 0.254 e. The molecule has 1 fully saturated rings. The van der Waals surface area contributed by atoms with E-state index in [4.69, 9.17) is 0 Å². The Morgan fingerprint density at radius 1 is 1.19 bits per heavy atom. The van der Waals surface area contributed by atoms with Gasteiger partial charge in [0.05, 0.1) is 16.2 Å². The molecule has 26 heavy (non-hydrogen) atoms. The molecule has 0 radical (unpaired) electrons. The van der Waals surface area contributed by atoms with Crippen LogP contribution in [0.4, 0.5) is 0 Å². The zero-order valence-corrected chi connectivity index (χ0v) is 15.5. The van der Waals surface area contributed by atoms with E-state index in [1.54, 1.807) is 24.3 Å². The molecule has 1 aromatic heterocycles. The van der Waals surface area contributed by atoms with Gasteiger partial charge in [-0.05, 0) is 37.0 Å². The average Bonchev–Trinajstić information content (AvgIpc) is 3.22. The van der Waals surface area contributed by atoms with Crippen LogP contribution in [0.25, 0.3) is 0 Å². The van der Waals surface area contributed by atoms with E-state index in [2.05, 4.69) is 15.3 Å². The number of nitrogens with one attached hydrogen (secondary N) is 1. The average molecular weight is 374 g/mol. The molecule has 3 rings (SSSR count). The van der Waals surface area contributed by atoms with Crippen LogP contribution in [0.2, 0.25) is 0 Å². The van der Waals surface area contributed by atoms with E-state index < -0.39 is 10.0 Å². The van der Waals surface area contributed by atoms with Gasteiger partial charge >= 0.3 is 0 Å². The van der Waals surface area contributed by atoms with Crippen molar-refractivity contribution in [2.24, 2.45) is 0 Å². The second-order valence-corrected chi connectivity index (χ2v) is 8.11. The van der Waals surface area contributed by atoms with Crippen LogP contribution in [-0.2, 0) is 23.0 Å². The topological polar surface area (TPSA) is 92.3 Å². The molecule has 0 spiro atoms. The lowest BCUT2D eigenvalue weighted by atomic mass is 10.1. The van der Waals surface area contributed by atoms with Crippen molar-refractivity contribution in [1.82, 2.24) is 19.6 Å². The standard InChI is InChI=1S/C18H22N4O3S/c1-2-17-16(12-19-13-21-17)18(23)20-11-14-5-7-15(8-6-14)26(24,25)22-9-3-4-10-22/h5-8,12-13H,2-4,9-11H2,1H3,(H,20,23). The molecule has 0 aliphatic carbocycles. The lowest BCUT2D eigenvalue weighted by Crippen LogP contribution is -2.28. The molecular weight excluding hydrogens is 352 g/mol. The van der Waals surface area contributed by atoms with Gasteiger partial charge in [0, 0.05) is 25.8 Å². The number of amides is 1. The first-order valence-corrected chi connectivity index (χ1v) is 10.1. The quantitative estimate of drug-likeness (QED) is 0.832. The Bertz CT molecular complexity index is 876. The molecule has 2 heterocycles. The first-order valence-electron chi connectivity index (χ1n) is 8.68. The number of carbonyl (C=O) groups is 1. The third kappa shape index (κ3) is 3.91. The lowest BCUT2D eigenvalue weighted by molar-refractivity contribution is 0.0949. The molecular formula is C18H22N4O3S. The Morgan fingerprint density at radius 3 is 2.54 bits per heavy atom. The maximum Gasteiger partial charge on any atom is 0.254 e. The van der Waals surface area contributed by atoms with Crippen LogP contribution in [0.15, 0.2) is 41.7 Å². The van der Waals surface area contributed by atoms with Crippen molar-refractivity contribution in [3.63, 3.8) is 0 Å². The summed E-state index contributed by atoms with van der Waals surface area (Å²) in [6.45, 7) is 3.40. The van der Waals surface area contributed by atoms with E-state index in [1.165, 1.54) is 16.8 Å². The summed E-state index contributed by atoms with van der Waals surface area (Å²) >= 11 is 0. The van der Waals surface area contributed by atoms with Crippen molar-refractivity contribution >= 4 is 15.9 Å². The molecule has 8 heteroatoms. The van der Waals surface area contributed by atoms with Crippen LogP contribution in [0, 0.1) is 0 Å². The van der Waals surface area contributed by atoms with Crippen molar-refractivity contribution in [2.45, 2.75) is 37.6 Å². The fraction of sp³-hybridized carbons (Fsp3) is 0.389. The number of rotatable bonds is 6. The van der Waals surface area contributed by atoms with Crippen molar-refractivity contribution in [1.29, 1.82) is 0 Å². The number of nitrogens with zero attached hydrogens (tertiary/aromatic N) is 3. The molecule has 1 aliphatic heterocycles. The largest absolute Gasteiger partial charge is 0.348 e. The van der Waals surface area contributed by atoms with Gasteiger partial charge in [0.25, 0.3) is 5.91 Å². The molecule has 1 saturated heterocycles. The predicted molar refractivity (Wildman–Crippen MR) is 97.0 cm³/mol. The lowest BCUT2D eigenvalue weighted by Gasteiger charge is -2.15.